The molecule has 0 radical (unpaired) electrons. The number of nitrogens with zero attached hydrogens (tertiary/aromatic N) is 4. The molecule has 14 rings (SSSR count). The first kappa shape index (κ1) is 47.7. The maximum Gasteiger partial charge on any atom is 0.0661 e. The lowest BCUT2D eigenvalue weighted by molar-refractivity contribution is 1.10. The third-order valence-corrected chi connectivity index (χ3v) is 17.4. The summed E-state index contributed by atoms with van der Waals surface area (Å²) in [6.07, 6.45) is 6.04. The van der Waals surface area contributed by atoms with Gasteiger partial charge in [0.15, 0.2) is 0 Å². The Bertz CT molecular complexity index is 4520. The standard InChI is InChI=1S/C73H52N4S2/c1-3-4-33-67-50(2)63-46-59(40-42-68(63)77(67)57-30-18-9-19-31-57)75(55-26-14-7-15-27-55)60-41-44-72-65(47-60)66-48-61(74(53-22-10-5-11-23-53)54-24-12-6-13-25-54)49-69(73(66)79-72)76(56-28-16-8-17-29-56)58-38-35-51(36-39-58)52-37-43-71-64(45-52)62-32-20-21-34-70(62)78-71/h3-49H,1H2,2H3/b33-4-. The van der Waals surface area contributed by atoms with E-state index in [0.29, 0.717) is 0 Å². The highest BCUT2D eigenvalue weighted by Crippen LogP contribution is 2.51. The van der Waals surface area contributed by atoms with Gasteiger partial charge < -0.3 is 19.3 Å². The van der Waals surface area contributed by atoms with Gasteiger partial charge in [-0.2, -0.15) is 0 Å². The number of para-hydroxylation sites is 5. The van der Waals surface area contributed by atoms with Crippen molar-refractivity contribution in [2.45, 2.75) is 6.92 Å². The summed E-state index contributed by atoms with van der Waals surface area (Å²) in [5.41, 5.74) is 16.7. The van der Waals surface area contributed by atoms with Gasteiger partial charge in [0, 0.05) is 97.9 Å². The summed E-state index contributed by atoms with van der Waals surface area (Å²) in [6.45, 7) is 6.23. The van der Waals surface area contributed by atoms with E-state index in [9.17, 15) is 0 Å². The van der Waals surface area contributed by atoms with Crippen molar-refractivity contribution in [3.63, 3.8) is 0 Å². The molecule has 0 atom stereocenters. The highest BCUT2D eigenvalue weighted by Gasteiger charge is 2.25. The van der Waals surface area contributed by atoms with E-state index in [1.54, 1.807) is 0 Å². The van der Waals surface area contributed by atoms with Crippen LogP contribution >= 0.6 is 22.7 Å². The van der Waals surface area contributed by atoms with Crippen LogP contribution < -0.4 is 14.7 Å². The first-order valence-electron chi connectivity index (χ1n) is 26.7. The lowest BCUT2D eigenvalue weighted by atomic mass is 10.0. The van der Waals surface area contributed by atoms with Gasteiger partial charge >= 0.3 is 0 Å². The van der Waals surface area contributed by atoms with E-state index in [0.717, 1.165) is 68.1 Å². The predicted octanol–water partition coefficient (Wildman–Crippen LogP) is 22.0. The number of fused-ring (bicyclic) bond motifs is 7. The van der Waals surface area contributed by atoms with E-state index >= 15 is 0 Å². The van der Waals surface area contributed by atoms with Crippen molar-refractivity contribution >= 4 is 131 Å². The van der Waals surface area contributed by atoms with Crippen LogP contribution in [0.5, 0.6) is 0 Å². The molecular weight excluding hydrogens is 997 g/mol. The number of rotatable bonds is 13. The Morgan fingerprint density at radius 3 is 1.48 bits per heavy atom. The summed E-state index contributed by atoms with van der Waals surface area (Å²) in [5, 5.41) is 6.16. The number of allylic oxidation sites excluding steroid dienone is 2. The van der Waals surface area contributed by atoms with E-state index in [4.69, 9.17) is 0 Å². The molecule has 0 saturated carbocycles. The summed E-state index contributed by atoms with van der Waals surface area (Å²) in [4.78, 5) is 7.24. The molecule has 0 aliphatic heterocycles. The van der Waals surface area contributed by atoms with E-state index in [-0.39, 0.29) is 0 Å². The molecule has 0 saturated heterocycles. The number of aromatic nitrogens is 1. The maximum absolute atomic E-state index is 4.00. The Morgan fingerprint density at radius 1 is 0.367 bits per heavy atom. The van der Waals surface area contributed by atoms with Crippen molar-refractivity contribution in [2.75, 3.05) is 14.7 Å². The molecule has 0 bridgehead atoms. The second-order valence-corrected chi connectivity index (χ2v) is 21.9. The minimum atomic E-state index is 1.06. The Morgan fingerprint density at radius 2 is 0.835 bits per heavy atom. The monoisotopic (exact) mass is 1050 g/mol. The van der Waals surface area contributed by atoms with E-state index in [2.05, 4.69) is 306 Å². The summed E-state index contributed by atoms with van der Waals surface area (Å²) in [7, 11) is 0. The summed E-state index contributed by atoms with van der Waals surface area (Å²) < 4.78 is 7.39. The van der Waals surface area contributed by atoms with Crippen molar-refractivity contribution in [3.05, 3.63) is 297 Å². The molecule has 14 aromatic rings. The van der Waals surface area contributed by atoms with Crippen molar-refractivity contribution in [3.8, 4) is 16.8 Å². The third kappa shape index (κ3) is 8.64. The maximum atomic E-state index is 4.00. The second kappa shape index (κ2) is 20.3. The lowest BCUT2D eigenvalue weighted by Gasteiger charge is -2.30. The average Bonchev–Trinajstić information content (AvgIpc) is 4.26. The largest absolute Gasteiger partial charge is 0.310 e. The molecule has 3 heterocycles. The van der Waals surface area contributed by atoms with Gasteiger partial charge in [0.25, 0.3) is 0 Å². The predicted molar refractivity (Wildman–Crippen MR) is 343 cm³/mol. The molecule has 4 nitrogen and oxygen atoms in total. The first-order valence-corrected chi connectivity index (χ1v) is 28.3. The lowest BCUT2D eigenvalue weighted by Crippen LogP contribution is -2.13. The van der Waals surface area contributed by atoms with E-state index < -0.39 is 0 Å². The summed E-state index contributed by atoms with van der Waals surface area (Å²) in [5.74, 6) is 0. The number of aryl methyl sites for hydroxylation is 1. The fourth-order valence-electron chi connectivity index (χ4n) is 11.4. The first-order chi connectivity index (χ1) is 39.1. The van der Waals surface area contributed by atoms with Gasteiger partial charge in [0.2, 0.25) is 0 Å². The van der Waals surface area contributed by atoms with Crippen LogP contribution in [-0.4, -0.2) is 4.57 Å². The number of anilines is 9. The fourth-order valence-corrected chi connectivity index (χ4v) is 13.7. The van der Waals surface area contributed by atoms with Crippen LogP contribution in [0, 0.1) is 6.92 Å². The van der Waals surface area contributed by atoms with Crippen LogP contribution in [0.4, 0.5) is 51.2 Å². The highest BCUT2D eigenvalue weighted by atomic mass is 32.1. The minimum absolute atomic E-state index is 1.06. The molecule has 0 spiro atoms. The molecule has 11 aromatic carbocycles. The number of thiophene rings is 2. The molecule has 0 N–H and O–H groups in total. The van der Waals surface area contributed by atoms with E-state index in [1.165, 1.54) is 62.4 Å². The van der Waals surface area contributed by atoms with Gasteiger partial charge in [0.1, 0.15) is 0 Å². The van der Waals surface area contributed by atoms with Crippen molar-refractivity contribution in [1.29, 1.82) is 0 Å². The fraction of sp³-hybridized carbons (Fsp3) is 0.0137. The minimum Gasteiger partial charge on any atom is -0.310 e. The quantitative estimate of drug-likeness (QED) is 0.107. The number of benzene rings is 11. The Balaban J connectivity index is 0.972. The summed E-state index contributed by atoms with van der Waals surface area (Å²) >= 11 is 3.71. The van der Waals surface area contributed by atoms with Crippen LogP contribution in [0.2, 0.25) is 0 Å². The van der Waals surface area contributed by atoms with Gasteiger partial charge in [-0.15, -0.1) is 22.7 Å². The van der Waals surface area contributed by atoms with Crippen LogP contribution in [-0.2, 0) is 0 Å². The van der Waals surface area contributed by atoms with Crippen molar-refractivity contribution in [1.82, 2.24) is 4.57 Å². The topological polar surface area (TPSA) is 14.7 Å². The second-order valence-electron chi connectivity index (χ2n) is 19.8. The molecule has 0 amide bonds. The SMILES string of the molecule is C=C/C=C\c1c(C)c2cc(N(c3ccccc3)c3ccc4sc5c(N(c6ccccc6)c6ccc(-c7ccc8sc9ccccc9c8c7)cc6)cc(N(c6ccccc6)c6ccccc6)cc5c4c3)ccc2n1-c1ccccc1. The van der Waals surface area contributed by atoms with Crippen molar-refractivity contribution < 1.29 is 0 Å². The molecular formula is C73H52N4S2. The molecule has 0 aliphatic carbocycles. The number of hydrogen-bond donors (Lipinski definition) is 0. The van der Waals surface area contributed by atoms with Gasteiger partial charge in [-0.3, -0.25) is 0 Å². The van der Waals surface area contributed by atoms with Crippen LogP contribution in [0.15, 0.2) is 286 Å². The average molecular weight is 1050 g/mol. The van der Waals surface area contributed by atoms with Gasteiger partial charge in [-0.1, -0.05) is 146 Å². The summed E-state index contributed by atoms with van der Waals surface area (Å²) in [6, 6.07) is 97.2. The van der Waals surface area contributed by atoms with Crippen molar-refractivity contribution in [2.24, 2.45) is 0 Å². The molecule has 0 fully saturated rings. The molecule has 376 valence electrons. The zero-order valence-corrected chi connectivity index (χ0v) is 45.1. The molecule has 79 heavy (non-hydrogen) atoms. The number of hydrogen-bond acceptors (Lipinski definition) is 5. The molecule has 0 aliphatic rings. The normalized spacial score (nSPS) is 11.6. The molecule has 0 unspecified atom stereocenters. The zero-order valence-electron chi connectivity index (χ0n) is 43.4. The smallest absolute Gasteiger partial charge is 0.0661 e. The van der Waals surface area contributed by atoms with Crippen LogP contribution in [0.25, 0.3) is 74.1 Å². The van der Waals surface area contributed by atoms with Crippen LogP contribution in [0.1, 0.15) is 11.3 Å². The Labute approximate surface area is 468 Å². The Hall–Kier alpha value is -9.72. The van der Waals surface area contributed by atoms with Crippen LogP contribution in [0.3, 0.4) is 0 Å². The van der Waals surface area contributed by atoms with Gasteiger partial charge in [-0.05, 0) is 169 Å². The molecule has 6 heteroatoms. The third-order valence-electron chi connectivity index (χ3n) is 15.1. The van der Waals surface area contributed by atoms with E-state index in [1.807, 2.05) is 34.8 Å². The highest BCUT2D eigenvalue weighted by molar-refractivity contribution is 7.26. The van der Waals surface area contributed by atoms with Gasteiger partial charge in [0.05, 0.1) is 15.9 Å². The van der Waals surface area contributed by atoms with Gasteiger partial charge in [-0.25, -0.2) is 0 Å². The Kier molecular flexibility index (Phi) is 12.3. The zero-order chi connectivity index (χ0) is 52.8. The molecule has 3 aromatic heterocycles.